The molecule has 164 valence electrons. The number of benzene rings is 3. The molecule has 0 atom stereocenters. The molecule has 3 aromatic rings. The summed E-state index contributed by atoms with van der Waals surface area (Å²) in [6.07, 6.45) is 0. The van der Waals surface area contributed by atoms with Crippen molar-refractivity contribution in [3.63, 3.8) is 0 Å². The van der Waals surface area contributed by atoms with E-state index in [2.05, 4.69) is 32.9 Å². The molecule has 1 aliphatic rings. The summed E-state index contributed by atoms with van der Waals surface area (Å²) in [7, 11) is 0. The average molecular weight is 427 g/mol. The summed E-state index contributed by atoms with van der Waals surface area (Å²) in [5, 5.41) is 0. The highest BCUT2D eigenvalue weighted by molar-refractivity contribution is 5.96. The van der Waals surface area contributed by atoms with Crippen molar-refractivity contribution >= 4 is 11.8 Å². The monoisotopic (exact) mass is 426 g/mol. The van der Waals surface area contributed by atoms with Gasteiger partial charge in [0.05, 0.1) is 0 Å². The number of hydrogen-bond acceptors (Lipinski definition) is 2. The van der Waals surface area contributed by atoms with Gasteiger partial charge < -0.3 is 9.80 Å². The molecule has 0 N–H and O–H groups in total. The van der Waals surface area contributed by atoms with Crippen LogP contribution in [-0.2, 0) is 5.41 Å². The van der Waals surface area contributed by atoms with Crippen LogP contribution in [0.3, 0.4) is 0 Å². The third-order valence-corrected chi connectivity index (χ3v) is 6.09. The smallest absolute Gasteiger partial charge is 0.253 e. The van der Waals surface area contributed by atoms with Gasteiger partial charge in [0.25, 0.3) is 11.8 Å². The molecule has 32 heavy (non-hydrogen) atoms. The Hall–Kier alpha value is -3.40. The van der Waals surface area contributed by atoms with Crippen LogP contribution in [0.1, 0.15) is 47.1 Å². The standard InChI is InChI=1S/C28H30N2O2/c1-28(2,3)25-15-13-24(14-16-25)27(32)30-19-17-29(18-20-30)26(31)23-11-9-22(10-12-23)21-7-5-4-6-8-21/h4-16H,17-20H2,1-3H3. The highest BCUT2D eigenvalue weighted by Crippen LogP contribution is 2.23. The number of hydrogen-bond donors (Lipinski definition) is 0. The van der Waals surface area contributed by atoms with Gasteiger partial charge in [0.1, 0.15) is 0 Å². The lowest BCUT2D eigenvalue weighted by Crippen LogP contribution is -2.50. The van der Waals surface area contributed by atoms with Crippen LogP contribution in [-0.4, -0.2) is 47.8 Å². The number of carbonyl (C=O) groups excluding carboxylic acids is 2. The summed E-state index contributed by atoms with van der Waals surface area (Å²) in [6.45, 7) is 8.68. The molecule has 0 radical (unpaired) electrons. The molecule has 4 rings (SSSR count). The van der Waals surface area contributed by atoms with E-state index >= 15 is 0 Å². The van der Waals surface area contributed by atoms with Crippen molar-refractivity contribution in [2.45, 2.75) is 26.2 Å². The van der Waals surface area contributed by atoms with Crippen molar-refractivity contribution in [3.05, 3.63) is 95.6 Å². The Labute approximate surface area is 190 Å². The molecule has 3 aromatic carbocycles. The predicted molar refractivity (Wildman–Crippen MR) is 129 cm³/mol. The molecular weight excluding hydrogens is 396 g/mol. The minimum atomic E-state index is 0.0197. The van der Waals surface area contributed by atoms with Crippen LogP contribution in [0.4, 0.5) is 0 Å². The molecule has 0 aliphatic carbocycles. The minimum Gasteiger partial charge on any atom is -0.335 e. The topological polar surface area (TPSA) is 40.6 Å². The van der Waals surface area contributed by atoms with Crippen LogP contribution < -0.4 is 0 Å². The van der Waals surface area contributed by atoms with Crippen molar-refractivity contribution in [2.75, 3.05) is 26.2 Å². The lowest BCUT2D eigenvalue weighted by atomic mass is 9.86. The van der Waals surface area contributed by atoms with Crippen LogP contribution >= 0.6 is 0 Å². The second kappa shape index (κ2) is 8.99. The number of carbonyl (C=O) groups is 2. The second-order valence-electron chi connectivity index (χ2n) is 9.36. The zero-order chi connectivity index (χ0) is 22.7. The maximum Gasteiger partial charge on any atom is 0.253 e. The van der Waals surface area contributed by atoms with Crippen molar-refractivity contribution in [3.8, 4) is 11.1 Å². The van der Waals surface area contributed by atoms with Crippen molar-refractivity contribution in [1.82, 2.24) is 9.80 Å². The van der Waals surface area contributed by atoms with Gasteiger partial charge in [-0.15, -0.1) is 0 Å². The van der Waals surface area contributed by atoms with Crippen LogP contribution in [0.15, 0.2) is 78.9 Å². The third kappa shape index (κ3) is 4.75. The molecule has 0 bridgehead atoms. The third-order valence-electron chi connectivity index (χ3n) is 6.09. The van der Waals surface area contributed by atoms with E-state index in [1.165, 1.54) is 5.56 Å². The summed E-state index contributed by atoms with van der Waals surface area (Å²) in [6, 6.07) is 25.8. The number of rotatable bonds is 3. The van der Waals surface area contributed by atoms with Crippen LogP contribution in [0.2, 0.25) is 0 Å². The molecule has 4 nitrogen and oxygen atoms in total. The Bertz CT molecular complexity index is 1070. The van der Waals surface area contributed by atoms with Gasteiger partial charge in [-0.25, -0.2) is 0 Å². The first-order chi connectivity index (χ1) is 15.3. The van der Waals surface area contributed by atoms with Gasteiger partial charge in [0.2, 0.25) is 0 Å². The van der Waals surface area contributed by atoms with E-state index in [0.29, 0.717) is 37.3 Å². The highest BCUT2D eigenvalue weighted by Gasteiger charge is 2.26. The van der Waals surface area contributed by atoms with Crippen molar-refractivity contribution in [1.29, 1.82) is 0 Å². The van der Waals surface area contributed by atoms with E-state index in [-0.39, 0.29) is 17.2 Å². The zero-order valence-corrected chi connectivity index (χ0v) is 19.0. The fourth-order valence-corrected chi connectivity index (χ4v) is 4.03. The molecule has 0 unspecified atom stereocenters. The maximum atomic E-state index is 12.9. The first kappa shape index (κ1) is 21.8. The van der Waals surface area contributed by atoms with E-state index in [9.17, 15) is 9.59 Å². The molecule has 2 amide bonds. The average Bonchev–Trinajstić information content (AvgIpc) is 2.83. The van der Waals surface area contributed by atoms with Gasteiger partial charge in [-0.05, 0) is 46.4 Å². The van der Waals surface area contributed by atoms with Crippen LogP contribution in [0.25, 0.3) is 11.1 Å². The lowest BCUT2D eigenvalue weighted by molar-refractivity contribution is 0.0535. The Balaban J connectivity index is 1.36. The molecule has 0 aromatic heterocycles. The maximum absolute atomic E-state index is 12.9. The quantitative estimate of drug-likeness (QED) is 0.574. The lowest BCUT2D eigenvalue weighted by Gasteiger charge is -2.35. The number of piperazine rings is 1. The van der Waals surface area contributed by atoms with Crippen molar-refractivity contribution < 1.29 is 9.59 Å². The van der Waals surface area contributed by atoms with Crippen LogP contribution in [0, 0.1) is 0 Å². The van der Waals surface area contributed by atoms with Gasteiger partial charge >= 0.3 is 0 Å². The molecule has 1 fully saturated rings. The largest absolute Gasteiger partial charge is 0.335 e. The summed E-state index contributed by atoms with van der Waals surface area (Å²) in [4.78, 5) is 29.5. The van der Waals surface area contributed by atoms with E-state index in [1.54, 1.807) is 0 Å². The van der Waals surface area contributed by atoms with Gasteiger partial charge in [0.15, 0.2) is 0 Å². The van der Waals surface area contributed by atoms with E-state index in [0.717, 1.165) is 11.1 Å². The van der Waals surface area contributed by atoms with Crippen LogP contribution in [0.5, 0.6) is 0 Å². The summed E-state index contributed by atoms with van der Waals surface area (Å²) >= 11 is 0. The number of nitrogens with zero attached hydrogens (tertiary/aromatic N) is 2. The molecule has 4 heteroatoms. The normalized spacial score (nSPS) is 14.3. The molecule has 1 aliphatic heterocycles. The SMILES string of the molecule is CC(C)(C)c1ccc(C(=O)N2CCN(C(=O)c3ccc(-c4ccccc4)cc3)CC2)cc1. The van der Waals surface area contributed by atoms with E-state index < -0.39 is 0 Å². The van der Waals surface area contributed by atoms with Gasteiger partial charge in [-0.2, -0.15) is 0 Å². The summed E-state index contributed by atoms with van der Waals surface area (Å²) in [5.41, 5.74) is 4.89. The van der Waals surface area contributed by atoms with E-state index in [4.69, 9.17) is 0 Å². The molecule has 0 spiro atoms. The molecular formula is C28H30N2O2. The van der Waals surface area contributed by atoms with Crippen molar-refractivity contribution in [2.24, 2.45) is 0 Å². The number of amides is 2. The van der Waals surface area contributed by atoms with Gasteiger partial charge in [0, 0.05) is 37.3 Å². The highest BCUT2D eigenvalue weighted by atomic mass is 16.2. The molecule has 1 heterocycles. The first-order valence-electron chi connectivity index (χ1n) is 11.2. The summed E-state index contributed by atoms with van der Waals surface area (Å²) < 4.78 is 0. The summed E-state index contributed by atoms with van der Waals surface area (Å²) in [5.74, 6) is 0.0519. The zero-order valence-electron chi connectivity index (χ0n) is 19.0. The minimum absolute atomic E-state index is 0.0197. The first-order valence-corrected chi connectivity index (χ1v) is 11.2. The predicted octanol–water partition coefficient (Wildman–Crippen LogP) is 5.25. The fraction of sp³-hybridized carbons (Fsp3) is 0.286. The molecule has 1 saturated heterocycles. The Morgan fingerprint density at radius 2 is 1.00 bits per heavy atom. The van der Waals surface area contributed by atoms with E-state index in [1.807, 2.05) is 76.5 Å². The fourth-order valence-electron chi connectivity index (χ4n) is 4.03. The Morgan fingerprint density at radius 1 is 0.594 bits per heavy atom. The van der Waals surface area contributed by atoms with Gasteiger partial charge in [-0.3, -0.25) is 9.59 Å². The second-order valence-corrected chi connectivity index (χ2v) is 9.36. The van der Waals surface area contributed by atoms with Gasteiger partial charge in [-0.1, -0.05) is 75.4 Å². The Morgan fingerprint density at radius 3 is 1.44 bits per heavy atom. The molecule has 0 saturated carbocycles. The Kier molecular flexibility index (Phi) is 6.13.